The van der Waals surface area contributed by atoms with Crippen molar-refractivity contribution in [2.24, 2.45) is 0 Å². The van der Waals surface area contributed by atoms with Crippen molar-refractivity contribution in [1.82, 2.24) is 10.2 Å². The van der Waals surface area contributed by atoms with Gasteiger partial charge in [0.15, 0.2) is 0 Å². The largest absolute Gasteiger partial charge is 0.497 e. The van der Waals surface area contributed by atoms with E-state index in [9.17, 15) is 9.59 Å². The summed E-state index contributed by atoms with van der Waals surface area (Å²) in [7, 11) is 1.62. The second-order valence-corrected chi connectivity index (χ2v) is 10.3. The molecule has 1 aliphatic rings. The molecule has 0 unspecified atom stereocenters. The third kappa shape index (κ3) is 7.30. The van der Waals surface area contributed by atoms with Crippen LogP contribution in [0.4, 0.5) is 0 Å². The molecule has 1 atom stereocenters. The maximum atomic E-state index is 13.4. The van der Waals surface area contributed by atoms with Gasteiger partial charge in [0, 0.05) is 28.4 Å². The van der Waals surface area contributed by atoms with E-state index in [1.807, 2.05) is 31.2 Å². The summed E-state index contributed by atoms with van der Waals surface area (Å²) in [6.07, 6.45) is 4.82. The summed E-state index contributed by atoms with van der Waals surface area (Å²) < 4.78 is 5.25. The van der Waals surface area contributed by atoms with E-state index >= 15 is 0 Å². The number of hydrogen-bond donors (Lipinski definition) is 1. The fraction of sp³-hybridized carbons (Fsp3) is 0.462. The zero-order valence-corrected chi connectivity index (χ0v) is 22.0. The lowest BCUT2D eigenvalue weighted by atomic mass is 10.1. The molecule has 0 bridgehead atoms. The van der Waals surface area contributed by atoms with Crippen LogP contribution in [0.2, 0.25) is 10.0 Å². The lowest BCUT2D eigenvalue weighted by molar-refractivity contribution is -0.139. The van der Waals surface area contributed by atoms with E-state index < -0.39 is 6.04 Å². The Morgan fingerprint density at radius 1 is 1.12 bits per heavy atom. The average Bonchev–Trinajstić information content (AvgIpc) is 3.34. The topological polar surface area (TPSA) is 58.6 Å². The van der Waals surface area contributed by atoms with Crippen molar-refractivity contribution in [3.05, 3.63) is 63.6 Å². The molecule has 0 aliphatic heterocycles. The van der Waals surface area contributed by atoms with Gasteiger partial charge in [-0.1, -0.05) is 61.2 Å². The minimum atomic E-state index is -0.528. The number of amides is 2. The molecule has 2 amide bonds. The zero-order chi connectivity index (χ0) is 24.5. The van der Waals surface area contributed by atoms with Crippen molar-refractivity contribution in [1.29, 1.82) is 0 Å². The Hall–Kier alpha value is -1.89. The lowest BCUT2D eigenvalue weighted by Crippen LogP contribution is -2.51. The number of ether oxygens (including phenoxy) is 1. The van der Waals surface area contributed by atoms with Crippen molar-refractivity contribution >= 4 is 46.8 Å². The second-order valence-electron chi connectivity index (χ2n) is 8.48. The quantitative estimate of drug-likeness (QED) is 0.387. The van der Waals surface area contributed by atoms with Crippen molar-refractivity contribution in [3.63, 3.8) is 0 Å². The summed E-state index contributed by atoms with van der Waals surface area (Å²) in [6.45, 7) is 2.30. The molecule has 0 saturated heterocycles. The van der Waals surface area contributed by atoms with Gasteiger partial charge >= 0.3 is 0 Å². The number of halogens is 2. The fourth-order valence-electron chi connectivity index (χ4n) is 4.21. The summed E-state index contributed by atoms with van der Waals surface area (Å²) in [6, 6.07) is 12.7. The van der Waals surface area contributed by atoms with Crippen molar-refractivity contribution in [2.75, 3.05) is 12.9 Å². The molecule has 2 aromatic carbocycles. The Kier molecular flexibility index (Phi) is 10.4. The molecule has 3 rings (SSSR count). The highest BCUT2D eigenvalue weighted by Crippen LogP contribution is 2.29. The van der Waals surface area contributed by atoms with Gasteiger partial charge in [-0.2, -0.15) is 0 Å². The van der Waals surface area contributed by atoms with Crippen LogP contribution < -0.4 is 10.1 Å². The minimum absolute atomic E-state index is 0.0737. The number of thioether (sulfide) groups is 1. The van der Waals surface area contributed by atoms with E-state index in [-0.39, 0.29) is 23.6 Å². The molecule has 1 fully saturated rings. The Morgan fingerprint density at radius 3 is 2.35 bits per heavy atom. The fourth-order valence-corrected chi connectivity index (χ4v) is 5.86. The molecule has 5 nitrogen and oxygen atoms in total. The van der Waals surface area contributed by atoms with Crippen molar-refractivity contribution in [3.8, 4) is 5.75 Å². The molecule has 34 heavy (non-hydrogen) atoms. The number of carbonyl (C=O) groups is 2. The van der Waals surface area contributed by atoms with Crippen LogP contribution in [0, 0.1) is 0 Å². The first kappa shape index (κ1) is 26.7. The third-order valence-electron chi connectivity index (χ3n) is 6.13. The van der Waals surface area contributed by atoms with Crippen LogP contribution in [0.5, 0.6) is 5.75 Å². The molecule has 1 saturated carbocycles. The minimum Gasteiger partial charge on any atom is -0.497 e. The molecular weight excluding hydrogens is 491 g/mol. The van der Waals surface area contributed by atoms with E-state index in [1.165, 1.54) is 11.8 Å². The molecule has 1 aliphatic carbocycles. The normalized spacial score (nSPS) is 14.6. The van der Waals surface area contributed by atoms with Gasteiger partial charge in [0.25, 0.3) is 0 Å². The first-order chi connectivity index (χ1) is 16.4. The molecule has 1 N–H and O–H groups in total. The van der Waals surface area contributed by atoms with Gasteiger partial charge in [-0.15, -0.1) is 11.8 Å². The molecular formula is C26H32Cl2N2O3S. The molecule has 2 aromatic rings. The predicted molar refractivity (Wildman–Crippen MR) is 141 cm³/mol. The van der Waals surface area contributed by atoms with Crippen LogP contribution in [-0.4, -0.2) is 41.7 Å². The number of carbonyl (C=O) groups excluding carboxylic acids is 2. The van der Waals surface area contributed by atoms with Crippen LogP contribution in [0.15, 0.2) is 42.5 Å². The van der Waals surface area contributed by atoms with Gasteiger partial charge < -0.3 is 15.0 Å². The molecule has 8 heteroatoms. The monoisotopic (exact) mass is 522 g/mol. The maximum absolute atomic E-state index is 13.4. The first-order valence-electron chi connectivity index (χ1n) is 11.7. The van der Waals surface area contributed by atoms with Gasteiger partial charge in [0.05, 0.1) is 12.9 Å². The van der Waals surface area contributed by atoms with Gasteiger partial charge in [-0.05, 0) is 54.7 Å². The summed E-state index contributed by atoms with van der Waals surface area (Å²) in [4.78, 5) is 28.3. The highest BCUT2D eigenvalue weighted by atomic mass is 35.5. The average molecular weight is 524 g/mol. The van der Waals surface area contributed by atoms with Crippen molar-refractivity contribution in [2.45, 2.75) is 63.4 Å². The first-order valence-corrected chi connectivity index (χ1v) is 13.6. The summed E-state index contributed by atoms with van der Waals surface area (Å²) in [5.41, 5.74) is 1.76. The number of hydrogen-bond acceptors (Lipinski definition) is 4. The van der Waals surface area contributed by atoms with Gasteiger partial charge in [0.2, 0.25) is 11.8 Å². The van der Waals surface area contributed by atoms with E-state index in [0.29, 0.717) is 28.8 Å². The summed E-state index contributed by atoms with van der Waals surface area (Å²) in [5, 5.41) is 4.35. The van der Waals surface area contributed by atoms with Gasteiger partial charge in [-0.3, -0.25) is 9.59 Å². The standard InChI is InChI=1S/C26H32Cl2N2O3S/c1-3-24(26(32)29-19-7-4-5-8-19)30(15-18-11-13-20(33-2)14-12-18)25(31)17-34-16-21-22(27)9-6-10-23(21)28/h6,9-14,19,24H,3-5,7-8,15-17H2,1-2H3,(H,29,32)/t24-/m0/s1. The van der Waals surface area contributed by atoms with Crippen LogP contribution in [0.3, 0.4) is 0 Å². The zero-order valence-electron chi connectivity index (χ0n) is 19.7. The molecule has 0 radical (unpaired) electrons. The predicted octanol–water partition coefficient (Wildman–Crippen LogP) is 6.10. The van der Waals surface area contributed by atoms with Crippen molar-refractivity contribution < 1.29 is 14.3 Å². The van der Waals surface area contributed by atoms with Crippen LogP contribution in [0.1, 0.15) is 50.2 Å². The van der Waals surface area contributed by atoms with Crippen LogP contribution in [-0.2, 0) is 21.9 Å². The number of benzene rings is 2. The Balaban J connectivity index is 1.72. The third-order valence-corrected chi connectivity index (χ3v) is 7.79. The summed E-state index contributed by atoms with van der Waals surface area (Å²) in [5.74, 6) is 1.34. The van der Waals surface area contributed by atoms with Crippen LogP contribution in [0.25, 0.3) is 0 Å². The van der Waals surface area contributed by atoms with Gasteiger partial charge in [0.1, 0.15) is 11.8 Å². The lowest BCUT2D eigenvalue weighted by Gasteiger charge is -2.31. The van der Waals surface area contributed by atoms with E-state index in [4.69, 9.17) is 27.9 Å². The maximum Gasteiger partial charge on any atom is 0.243 e. The van der Waals surface area contributed by atoms with Crippen LogP contribution >= 0.6 is 35.0 Å². The molecule has 0 heterocycles. The Labute approximate surface area is 216 Å². The van der Waals surface area contributed by atoms with Gasteiger partial charge in [-0.25, -0.2) is 0 Å². The van der Waals surface area contributed by atoms with E-state index in [1.54, 1.807) is 30.2 Å². The molecule has 0 aromatic heterocycles. The number of nitrogens with one attached hydrogen (secondary N) is 1. The molecule has 184 valence electrons. The second kappa shape index (κ2) is 13.3. The number of methoxy groups -OCH3 is 1. The van der Waals surface area contributed by atoms with E-state index in [2.05, 4.69) is 5.32 Å². The molecule has 0 spiro atoms. The Bertz CT molecular complexity index is 945. The number of nitrogens with zero attached hydrogens (tertiary/aromatic N) is 1. The highest BCUT2D eigenvalue weighted by molar-refractivity contribution is 7.99. The smallest absolute Gasteiger partial charge is 0.243 e. The Morgan fingerprint density at radius 2 is 1.76 bits per heavy atom. The number of rotatable bonds is 11. The van der Waals surface area contributed by atoms with E-state index in [0.717, 1.165) is 42.6 Å². The summed E-state index contributed by atoms with van der Waals surface area (Å²) >= 11 is 14.0. The highest BCUT2D eigenvalue weighted by Gasteiger charge is 2.30. The SMILES string of the molecule is CC[C@@H](C(=O)NC1CCCC1)N(Cc1ccc(OC)cc1)C(=O)CSCc1c(Cl)cccc1Cl.